The summed E-state index contributed by atoms with van der Waals surface area (Å²) in [5, 5.41) is 4.89. The van der Waals surface area contributed by atoms with Crippen molar-refractivity contribution in [3.63, 3.8) is 0 Å². The number of nitrogens with zero attached hydrogens (tertiary/aromatic N) is 4. The molecule has 0 aromatic carbocycles. The van der Waals surface area contributed by atoms with Crippen LogP contribution in [0.3, 0.4) is 0 Å². The van der Waals surface area contributed by atoms with E-state index >= 15 is 0 Å². The molecule has 1 aliphatic rings. The van der Waals surface area contributed by atoms with Gasteiger partial charge in [0.1, 0.15) is 0 Å². The van der Waals surface area contributed by atoms with Gasteiger partial charge in [-0.3, -0.25) is 23.8 Å². The van der Waals surface area contributed by atoms with Crippen molar-refractivity contribution in [2.75, 3.05) is 32.7 Å². The Morgan fingerprint density at radius 3 is 2.73 bits per heavy atom. The first-order valence-electron chi connectivity index (χ1n) is 9.02. The van der Waals surface area contributed by atoms with E-state index in [1.165, 1.54) is 11.3 Å². The van der Waals surface area contributed by atoms with Crippen molar-refractivity contribution >= 4 is 22.2 Å². The topological polar surface area (TPSA) is 70.0 Å². The molecule has 26 heavy (non-hydrogen) atoms. The Bertz CT molecular complexity index is 823. The first-order chi connectivity index (χ1) is 12.3. The molecule has 0 aliphatic carbocycles. The summed E-state index contributed by atoms with van der Waals surface area (Å²) >= 11 is 1.47. The second kappa shape index (κ2) is 7.85. The number of amides is 1. The Morgan fingerprint density at radius 1 is 1.23 bits per heavy atom. The van der Waals surface area contributed by atoms with Gasteiger partial charge in [0.05, 0.1) is 12.2 Å². The molecule has 0 spiro atoms. The molecule has 0 bridgehead atoms. The predicted octanol–water partition coefficient (Wildman–Crippen LogP) is 1.18. The van der Waals surface area contributed by atoms with Crippen LogP contribution >= 0.6 is 11.3 Å². The molecule has 7 nitrogen and oxygen atoms in total. The smallest absolute Gasteiger partial charge is 0.258 e. The van der Waals surface area contributed by atoms with Gasteiger partial charge in [-0.05, 0) is 40.3 Å². The summed E-state index contributed by atoms with van der Waals surface area (Å²) in [5.74, 6) is 0.0729. The molecule has 1 saturated heterocycles. The van der Waals surface area contributed by atoms with Crippen molar-refractivity contribution < 1.29 is 4.79 Å². The normalized spacial score (nSPS) is 17.3. The van der Waals surface area contributed by atoms with E-state index in [0.717, 1.165) is 43.3 Å². The Balaban J connectivity index is 1.56. The van der Waals surface area contributed by atoms with Crippen LogP contribution in [0.4, 0.5) is 0 Å². The maximum absolute atomic E-state index is 12.1. The Labute approximate surface area is 157 Å². The van der Waals surface area contributed by atoms with Crippen molar-refractivity contribution in [3.05, 3.63) is 33.7 Å². The third kappa shape index (κ3) is 5.12. The lowest BCUT2D eigenvalue weighted by molar-refractivity contribution is -0.123. The van der Waals surface area contributed by atoms with Crippen molar-refractivity contribution in [1.29, 1.82) is 0 Å². The Hall–Kier alpha value is -1.77. The van der Waals surface area contributed by atoms with E-state index in [1.54, 1.807) is 16.7 Å². The average Bonchev–Trinajstić information content (AvgIpc) is 2.89. The van der Waals surface area contributed by atoms with E-state index in [2.05, 4.69) is 20.1 Å². The highest BCUT2D eigenvalue weighted by molar-refractivity contribution is 7.15. The number of hydrogen-bond donors (Lipinski definition) is 1. The van der Waals surface area contributed by atoms with Crippen LogP contribution in [0.15, 0.2) is 22.4 Å². The van der Waals surface area contributed by atoms with Crippen LogP contribution in [0, 0.1) is 0 Å². The van der Waals surface area contributed by atoms with Gasteiger partial charge in [0.15, 0.2) is 4.96 Å². The van der Waals surface area contributed by atoms with Gasteiger partial charge in [-0.2, -0.15) is 0 Å². The molecule has 1 amide bonds. The number of rotatable bonds is 4. The molecule has 0 atom stereocenters. The number of thiazole rings is 1. The predicted molar refractivity (Wildman–Crippen MR) is 104 cm³/mol. The maximum atomic E-state index is 12.1. The molecule has 1 fully saturated rings. The van der Waals surface area contributed by atoms with Gasteiger partial charge in [0, 0.05) is 42.8 Å². The average molecular weight is 378 g/mol. The summed E-state index contributed by atoms with van der Waals surface area (Å²) in [6.07, 6.45) is 2.76. The van der Waals surface area contributed by atoms with Crippen LogP contribution < -0.4 is 10.9 Å². The molecule has 0 saturated carbocycles. The zero-order valence-electron chi connectivity index (χ0n) is 15.7. The summed E-state index contributed by atoms with van der Waals surface area (Å²) in [4.78, 5) is 34.1. The lowest BCUT2D eigenvalue weighted by atomic mass is 10.1. The Morgan fingerprint density at radius 2 is 1.96 bits per heavy atom. The third-order valence-corrected chi connectivity index (χ3v) is 5.06. The second-order valence-electron chi connectivity index (χ2n) is 7.85. The summed E-state index contributed by atoms with van der Waals surface area (Å²) < 4.78 is 1.58. The van der Waals surface area contributed by atoms with E-state index in [0.29, 0.717) is 13.1 Å². The van der Waals surface area contributed by atoms with Crippen molar-refractivity contribution in [2.24, 2.45) is 0 Å². The van der Waals surface area contributed by atoms with E-state index in [1.807, 2.05) is 26.2 Å². The third-order valence-electron chi connectivity index (χ3n) is 4.30. The fourth-order valence-electron chi connectivity index (χ4n) is 3.20. The van der Waals surface area contributed by atoms with Gasteiger partial charge in [-0.15, -0.1) is 11.3 Å². The van der Waals surface area contributed by atoms with E-state index in [-0.39, 0.29) is 17.0 Å². The fourth-order valence-corrected chi connectivity index (χ4v) is 3.94. The standard InChI is InChI=1S/C18H27N5O2S/c1-18(2,3)20-15(24)13-22-6-4-5-21(7-8-22)12-14-11-16(25)23-9-10-26-17(23)19-14/h9-11H,4-8,12-13H2,1-3H3,(H,20,24). The van der Waals surface area contributed by atoms with Gasteiger partial charge >= 0.3 is 0 Å². The lowest BCUT2D eigenvalue weighted by Crippen LogP contribution is -2.46. The maximum Gasteiger partial charge on any atom is 0.258 e. The highest BCUT2D eigenvalue weighted by atomic mass is 32.1. The molecule has 1 aliphatic heterocycles. The molecule has 2 aromatic heterocycles. The fraction of sp³-hybridized carbons (Fsp3) is 0.611. The highest BCUT2D eigenvalue weighted by Crippen LogP contribution is 2.10. The lowest BCUT2D eigenvalue weighted by Gasteiger charge is -2.25. The molecule has 3 heterocycles. The molecule has 8 heteroatoms. The van der Waals surface area contributed by atoms with Crippen molar-refractivity contribution in [3.8, 4) is 0 Å². The molecule has 2 aromatic rings. The van der Waals surface area contributed by atoms with Crippen LogP contribution in [0.2, 0.25) is 0 Å². The molecule has 1 N–H and O–H groups in total. The number of aromatic nitrogens is 2. The molecular weight excluding hydrogens is 350 g/mol. The summed E-state index contributed by atoms with van der Waals surface area (Å²) in [7, 11) is 0. The quantitative estimate of drug-likeness (QED) is 0.866. The monoisotopic (exact) mass is 377 g/mol. The zero-order valence-corrected chi connectivity index (χ0v) is 16.5. The van der Waals surface area contributed by atoms with Crippen LogP contribution in [0.5, 0.6) is 0 Å². The van der Waals surface area contributed by atoms with Crippen LogP contribution in [0.25, 0.3) is 4.96 Å². The zero-order chi connectivity index (χ0) is 18.7. The molecule has 3 rings (SSSR count). The van der Waals surface area contributed by atoms with Gasteiger partial charge in [-0.1, -0.05) is 0 Å². The summed E-state index contributed by atoms with van der Waals surface area (Å²) in [6, 6.07) is 1.62. The largest absolute Gasteiger partial charge is 0.350 e. The second-order valence-corrected chi connectivity index (χ2v) is 8.72. The van der Waals surface area contributed by atoms with E-state index in [9.17, 15) is 9.59 Å². The molecular formula is C18H27N5O2S. The molecule has 0 radical (unpaired) electrons. The number of fused-ring (bicyclic) bond motifs is 1. The van der Waals surface area contributed by atoms with E-state index < -0.39 is 0 Å². The first kappa shape index (κ1) is 19.0. The first-order valence-corrected chi connectivity index (χ1v) is 9.90. The van der Waals surface area contributed by atoms with Crippen LogP contribution in [0.1, 0.15) is 32.9 Å². The van der Waals surface area contributed by atoms with Crippen molar-refractivity contribution in [2.45, 2.75) is 39.3 Å². The molecule has 142 valence electrons. The van der Waals surface area contributed by atoms with Crippen LogP contribution in [-0.2, 0) is 11.3 Å². The minimum absolute atomic E-state index is 0.0263. The number of carbonyl (C=O) groups excluding carboxylic acids is 1. The van der Waals surface area contributed by atoms with Gasteiger partial charge in [0.2, 0.25) is 5.91 Å². The minimum atomic E-state index is -0.199. The van der Waals surface area contributed by atoms with E-state index in [4.69, 9.17) is 0 Å². The highest BCUT2D eigenvalue weighted by Gasteiger charge is 2.20. The molecule has 0 unspecified atom stereocenters. The summed E-state index contributed by atoms with van der Waals surface area (Å²) in [6.45, 7) is 10.7. The van der Waals surface area contributed by atoms with Gasteiger partial charge in [0.25, 0.3) is 5.56 Å². The SMILES string of the molecule is CC(C)(C)NC(=O)CN1CCCN(Cc2cc(=O)n3ccsc3n2)CC1. The van der Waals surface area contributed by atoms with Gasteiger partial charge in [-0.25, -0.2) is 4.98 Å². The Kier molecular flexibility index (Phi) is 5.74. The number of carbonyl (C=O) groups is 1. The van der Waals surface area contributed by atoms with Crippen molar-refractivity contribution in [1.82, 2.24) is 24.5 Å². The number of hydrogen-bond acceptors (Lipinski definition) is 6. The summed E-state index contributed by atoms with van der Waals surface area (Å²) in [5.41, 5.74) is 0.590. The van der Waals surface area contributed by atoms with Crippen LogP contribution in [-0.4, -0.2) is 63.4 Å². The minimum Gasteiger partial charge on any atom is -0.350 e. The van der Waals surface area contributed by atoms with Gasteiger partial charge < -0.3 is 5.32 Å². The number of nitrogens with one attached hydrogen (secondary N) is 1.